The van der Waals surface area contributed by atoms with Crippen LogP contribution in [0.4, 0.5) is 0 Å². The van der Waals surface area contributed by atoms with Gasteiger partial charge in [-0.2, -0.15) is 0 Å². The summed E-state index contributed by atoms with van der Waals surface area (Å²) in [6.45, 7) is 3.88. The molecule has 0 aliphatic rings. The van der Waals surface area contributed by atoms with Gasteiger partial charge in [0.1, 0.15) is 12.6 Å². The lowest BCUT2D eigenvalue weighted by molar-refractivity contribution is -0.110. The largest absolute Gasteiger partial charge is 0.310 e. The van der Waals surface area contributed by atoms with E-state index in [1.54, 1.807) is 7.05 Å². The molecule has 4 heteroatoms. The second-order valence-electron chi connectivity index (χ2n) is 2.98. The lowest BCUT2D eigenvalue weighted by Gasteiger charge is -2.28. The normalized spacial score (nSPS) is 13.9. The maximum atomic E-state index is 10.6. The number of hydrogen-bond donors (Lipinski definition) is 1. The summed E-state index contributed by atoms with van der Waals surface area (Å²) in [5, 5.41) is 2.90. The van der Waals surface area contributed by atoms with Crippen LogP contribution in [0, 0.1) is 0 Å². The zero-order valence-corrected chi connectivity index (χ0v) is 8.48. The van der Waals surface area contributed by atoms with Crippen LogP contribution in [-0.2, 0) is 9.59 Å². The summed E-state index contributed by atoms with van der Waals surface area (Å²) in [6.07, 6.45) is 1.72. The van der Waals surface area contributed by atoms with Gasteiger partial charge in [-0.3, -0.25) is 0 Å². The van der Waals surface area contributed by atoms with Crippen molar-refractivity contribution in [1.29, 1.82) is 0 Å². The Morgan fingerprint density at radius 2 is 2.08 bits per heavy atom. The summed E-state index contributed by atoms with van der Waals surface area (Å²) < 4.78 is -0.225. The van der Waals surface area contributed by atoms with E-state index in [0.29, 0.717) is 5.75 Å². The monoisotopic (exact) mass is 189 g/mol. The van der Waals surface area contributed by atoms with Gasteiger partial charge in [-0.05, 0) is 20.9 Å². The minimum absolute atomic E-state index is 0.206. The van der Waals surface area contributed by atoms with E-state index >= 15 is 0 Å². The lowest BCUT2D eigenvalue weighted by atomic mass is 10.1. The van der Waals surface area contributed by atoms with Crippen molar-refractivity contribution >= 4 is 24.3 Å². The molecule has 0 aliphatic heterocycles. The molecule has 0 heterocycles. The zero-order valence-electron chi connectivity index (χ0n) is 7.66. The molecule has 0 saturated heterocycles. The van der Waals surface area contributed by atoms with E-state index in [1.807, 2.05) is 13.8 Å². The van der Waals surface area contributed by atoms with E-state index in [9.17, 15) is 9.59 Å². The quantitative estimate of drug-likeness (QED) is 0.617. The third-order valence-corrected chi connectivity index (χ3v) is 3.02. The molecule has 0 bridgehead atoms. The SMILES string of the molecule is CNC(C=O)C(C)(C)SCC=O. The molecule has 1 atom stereocenters. The van der Waals surface area contributed by atoms with E-state index in [0.717, 1.165) is 12.6 Å². The number of carbonyl (C=O) groups excluding carboxylic acids is 2. The van der Waals surface area contributed by atoms with Crippen molar-refractivity contribution in [3.63, 3.8) is 0 Å². The van der Waals surface area contributed by atoms with Crippen molar-refractivity contribution in [1.82, 2.24) is 5.32 Å². The predicted octanol–water partition coefficient (Wildman–Crippen LogP) is 0.484. The summed E-state index contributed by atoms with van der Waals surface area (Å²) in [6, 6.07) is -0.206. The van der Waals surface area contributed by atoms with E-state index < -0.39 is 0 Å². The van der Waals surface area contributed by atoms with Crippen molar-refractivity contribution in [2.45, 2.75) is 24.6 Å². The molecule has 0 amide bonds. The highest BCUT2D eigenvalue weighted by Crippen LogP contribution is 2.26. The van der Waals surface area contributed by atoms with E-state index in [4.69, 9.17) is 0 Å². The van der Waals surface area contributed by atoms with Gasteiger partial charge in [0.15, 0.2) is 0 Å². The predicted molar refractivity (Wildman–Crippen MR) is 51.5 cm³/mol. The van der Waals surface area contributed by atoms with Crippen LogP contribution in [0.1, 0.15) is 13.8 Å². The van der Waals surface area contributed by atoms with Gasteiger partial charge in [-0.15, -0.1) is 11.8 Å². The first-order valence-electron chi connectivity index (χ1n) is 3.78. The average molecular weight is 189 g/mol. The van der Waals surface area contributed by atoms with Gasteiger partial charge in [0.05, 0.1) is 6.04 Å². The van der Waals surface area contributed by atoms with Crippen molar-refractivity contribution in [3.8, 4) is 0 Å². The van der Waals surface area contributed by atoms with Gasteiger partial charge < -0.3 is 14.9 Å². The Labute approximate surface area is 77.3 Å². The molecule has 0 aliphatic carbocycles. The Balaban J connectivity index is 4.13. The molecule has 0 rings (SSSR count). The molecule has 12 heavy (non-hydrogen) atoms. The van der Waals surface area contributed by atoms with Crippen LogP contribution in [0.2, 0.25) is 0 Å². The molecule has 0 aromatic carbocycles. The first-order valence-corrected chi connectivity index (χ1v) is 4.77. The highest BCUT2D eigenvalue weighted by Gasteiger charge is 2.27. The molecule has 0 aromatic heterocycles. The van der Waals surface area contributed by atoms with Gasteiger partial charge in [-0.1, -0.05) is 0 Å². The van der Waals surface area contributed by atoms with E-state index in [-0.39, 0.29) is 10.8 Å². The van der Waals surface area contributed by atoms with Gasteiger partial charge in [0, 0.05) is 10.5 Å². The standard InChI is InChI=1S/C8H15NO2S/c1-8(2,12-5-4-10)7(6-11)9-3/h4,6-7,9H,5H2,1-3H3. The molecule has 3 nitrogen and oxygen atoms in total. The topological polar surface area (TPSA) is 46.2 Å². The first-order chi connectivity index (χ1) is 5.58. The number of rotatable bonds is 6. The minimum Gasteiger partial charge on any atom is -0.310 e. The van der Waals surface area contributed by atoms with Crippen molar-refractivity contribution in [3.05, 3.63) is 0 Å². The molecule has 0 aromatic rings. The van der Waals surface area contributed by atoms with Gasteiger partial charge >= 0.3 is 0 Å². The third kappa shape index (κ3) is 3.36. The molecule has 0 radical (unpaired) electrons. The molecule has 0 saturated carbocycles. The Morgan fingerprint density at radius 1 is 1.50 bits per heavy atom. The fourth-order valence-electron chi connectivity index (χ4n) is 0.918. The number of hydrogen-bond acceptors (Lipinski definition) is 4. The number of nitrogens with one attached hydrogen (secondary N) is 1. The average Bonchev–Trinajstić information content (AvgIpc) is 2.03. The maximum Gasteiger partial charge on any atom is 0.138 e. The maximum absolute atomic E-state index is 10.6. The van der Waals surface area contributed by atoms with Crippen LogP contribution < -0.4 is 5.32 Å². The van der Waals surface area contributed by atoms with Crippen LogP contribution in [-0.4, -0.2) is 36.2 Å². The fraction of sp³-hybridized carbons (Fsp3) is 0.750. The highest BCUT2D eigenvalue weighted by atomic mass is 32.2. The lowest BCUT2D eigenvalue weighted by Crippen LogP contribution is -2.44. The smallest absolute Gasteiger partial charge is 0.138 e. The Hall–Kier alpha value is -0.350. The molecule has 1 unspecified atom stereocenters. The number of likely N-dealkylation sites (N-methyl/N-ethyl adjacent to an activating group) is 1. The third-order valence-electron chi connectivity index (χ3n) is 1.72. The first kappa shape index (κ1) is 11.6. The van der Waals surface area contributed by atoms with Gasteiger partial charge in [-0.25, -0.2) is 0 Å². The van der Waals surface area contributed by atoms with E-state index in [2.05, 4.69) is 5.32 Å². The van der Waals surface area contributed by atoms with Crippen LogP contribution >= 0.6 is 11.8 Å². The molecule has 0 spiro atoms. The summed E-state index contributed by atoms with van der Waals surface area (Å²) in [5.41, 5.74) is 0. The van der Waals surface area contributed by atoms with E-state index in [1.165, 1.54) is 11.8 Å². The van der Waals surface area contributed by atoms with Crippen molar-refractivity contribution < 1.29 is 9.59 Å². The van der Waals surface area contributed by atoms with Crippen LogP contribution in [0.5, 0.6) is 0 Å². The van der Waals surface area contributed by atoms with Crippen LogP contribution in [0.25, 0.3) is 0 Å². The second kappa shape index (κ2) is 5.32. The van der Waals surface area contributed by atoms with Crippen LogP contribution in [0.15, 0.2) is 0 Å². The molecular weight excluding hydrogens is 174 g/mol. The number of thioether (sulfide) groups is 1. The Kier molecular flexibility index (Phi) is 5.17. The minimum atomic E-state index is -0.225. The summed E-state index contributed by atoms with van der Waals surface area (Å²) >= 11 is 1.47. The van der Waals surface area contributed by atoms with Crippen LogP contribution in [0.3, 0.4) is 0 Å². The van der Waals surface area contributed by atoms with Crippen molar-refractivity contribution in [2.75, 3.05) is 12.8 Å². The number of carbonyl (C=O) groups is 2. The Bertz CT molecular complexity index is 159. The number of aldehydes is 2. The molecule has 70 valence electrons. The van der Waals surface area contributed by atoms with Gasteiger partial charge in [0.2, 0.25) is 0 Å². The molecular formula is C8H15NO2S. The second-order valence-corrected chi connectivity index (χ2v) is 4.66. The zero-order chi connectivity index (χ0) is 9.61. The highest BCUT2D eigenvalue weighted by molar-refractivity contribution is 8.01. The summed E-state index contributed by atoms with van der Waals surface area (Å²) in [7, 11) is 1.74. The summed E-state index contributed by atoms with van der Waals surface area (Å²) in [4.78, 5) is 20.7. The fourth-order valence-corrected chi connectivity index (χ4v) is 1.77. The van der Waals surface area contributed by atoms with Crippen molar-refractivity contribution in [2.24, 2.45) is 0 Å². The Morgan fingerprint density at radius 3 is 2.42 bits per heavy atom. The molecule has 1 N–H and O–H groups in total. The van der Waals surface area contributed by atoms with Gasteiger partial charge in [0.25, 0.3) is 0 Å². The molecule has 0 fully saturated rings. The summed E-state index contributed by atoms with van der Waals surface area (Å²) in [5.74, 6) is 0.430.